The molecule has 2 rings (SSSR count). The molecule has 0 saturated heterocycles. The van der Waals surface area contributed by atoms with E-state index in [4.69, 9.17) is 11.6 Å². The maximum Gasteiger partial charge on any atom is 0.387 e. The minimum atomic E-state index is -2.92. The van der Waals surface area contributed by atoms with E-state index in [1.807, 2.05) is 6.07 Å². The minimum Gasteiger partial charge on any atom is -0.435 e. The molecule has 0 aliphatic heterocycles. The van der Waals surface area contributed by atoms with Crippen LogP contribution in [0, 0.1) is 0 Å². The molecular formula is C16H14ClF2NO2. The number of carbonyl (C=O) groups is 1. The van der Waals surface area contributed by atoms with Gasteiger partial charge in [0.05, 0.1) is 0 Å². The molecule has 0 N–H and O–H groups in total. The van der Waals surface area contributed by atoms with Crippen molar-refractivity contribution < 1.29 is 18.3 Å². The summed E-state index contributed by atoms with van der Waals surface area (Å²) in [5.74, 6) is -0.336. The van der Waals surface area contributed by atoms with Gasteiger partial charge in [-0.2, -0.15) is 8.78 Å². The summed E-state index contributed by atoms with van der Waals surface area (Å²) < 4.78 is 28.7. The number of rotatable bonds is 5. The summed E-state index contributed by atoms with van der Waals surface area (Å²) in [5.41, 5.74) is 1.16. The molecule has 0 aliphatic rings. The van der Waals surface area contributed by atoms with Crippen molar-refractivity contribution in [2.75, 3.05) is 7.05 Å². The number of alkyl halides is 2. The predicted octanol–water partition coefficient (Wildman–Crippen LogP) is 4.21. The molecule has 0 aliphatic carbocycles. The molecule has 6 heteroatoms. The van der Waals surface area contributed by atoms with E-state index in [0.717, 1.165) is 5.56 Å². The minimum absolute atomic E-state index is 0.0444. The van der Waals surface area contributed by atoms with E-state index in [1.54, 1.807) is 31.3 Å². The summed E-state index contributed by atoms with van der Waals surface area (Å²) in [5, 5.41) is 0.589. The highest BCUT2D eigenvalue weighted by atomic mass is 35.5. The van der Waals surface area contributed by atoms with Gasteiger partial charge in [0.2, 0.25) is 0 Å². The second kappa shape index (κ2) is 7.22. The lowest BCUT2D eigenvalue weighted by atomic mass is 10.1. The summed E-state index contributed by atoms with van der Waals surface area (Å²) in [6.07, 6.45) is 0. The van der Waals surface area contributed by atoms with Gasteiger partial charge in [-0.3, -0.25) is 4.79 Å². The summed E-state index contributed by atoms with van der Waals surface area (Å²) in [4.78, 5) is 13.8. The third kappa shape index (κ3) is 4.43. The van der Waals surface area contributed by atoms with Crippen molar-refractivity contribution in [3.63, 3.8) is 0 Å². The van der Waals surface area contributed by atoms with Crippen LogP contribution in [0.1, 0.15) is 15.9 Å². The number of hydrogen-bond donors (Lipinski definition) is 0. The fourth-order valence-corrected chi connectivity index (χ4v) is 2.22. The summed E-state index contributed by atoms with van der Waals surface area (Å²) in [6.45, 7) is -2.56. The Morgan fingerprint density at radius 2 is 1.95 bits per heavy atom. The first-order valence-electron chi connectivity index (χ1n) is 6.50. The average Bonchev–Trinajstić information content (AvgIpc) is 2.46. The normalized spacial score (nSPS) is 10.6. The van der Waals surface area contributed by atoms with E-state index in [9.17, 15) is 13.6 Å². The van der Waals surface area contributed by atoms with Gasteiger partial charge in [0.1, 0.15) is 5.75 Å². The monoisotopic (exact) mass is 325 g/mol. The fraction of sp³-hybridized carbons (Fsp3) is 0.188. The summed E-state index contributed by atoms with van der Waals surface area (Å²) in [7, 11) is 1.63. The zero-order valence-corrected chi connectivity index (χ0v) is 12.6. The number of benzene rings is 2. The molecule has 0 spiro atoms. The van der Waals surface area contributed by atoms with Crippen molar-refractivity contribution in [1.82, 2.24) is 4.90 Å². The van der Waals surface area contributed by atoms with Gasteiger partial charge in [-0.15, -0.1) is 0 Å². The third-order valence-electron chi connectivity index (χ3n) is 2.96. The second-order valence-electron chi connectivity index (χ2n) is 4.70. The van der Waals surface area contributed by atoms with E-state index in [2.05, 4.69) is 4.74 Å². The van der Waals surface area contributed by atoms with E-state index in [0.29, 0.717) is 11.6 Å². The van der Waals surface area contributed by atoms with E-state index in [1.165, 1.54) is 23.1 Å². The second-order valence-corrected chi connectivity index (χ2v) is 5.13. The lowest BCUT2D eigenvalue weighted by Gasteiger charge is -2.18. The largest absolute Gasteiger partial charge is 0.435 e. The highest BCUT2D eigenvalue weighted by Gasteiger charge is 2.14. The van der Waals surface area contributed by atoms with Crippen molar-refractivity contribution in [3.8, 4) is 5.75 Å². The van der Waals surface area contributed by atoms with Crippen molar-refractivity contribution in [2.45, 2.75) is 13.2 Å². The van der Waals surface area contributed by atoms with E-state index < -0.39 is 6.61 Å². The maximum atomic E-state index is 12.3. The molecule has 0 unspecified atom stereocenters. The van der Waals surface area contributed by atoms with Crippen LogP contribution in [0.4, 0.5) is 8.78 Å². The number of ether oxygens (including phenoxy) is 1. The van der Waals surface area contributed by atoms with Gasteiger partial charge >= 0.3 is 6.61 Å². The fourth-order valence-electron chi connectivity index (χ4n) is 2.01. The Balaban J connectivity index is 2.10. The van der Waals surface area contributed by atoms with Gasteiger partial charge in [0, 0.05) is 24.2 Å². The lowest BCUT2D eigenvalue weighted by molar-refractivity contribution is -0.0499. The Morgan fingerprint density at radius 3 is 2.64 bits per heavy atom. The van der Waals surface area contributed by atoms with Crippen molar-refractivity contribution >= 4 is 17.5 Å². The summed E-state index contributed by atoms with van der Waals surface area (Å²) in [6, 6.07) is 12.9. The molecule has 3 nitrogen and oxygen atoms in total. The third-order valence-corrected chi connectivity index (χ3v) is 3.20. The highest BCUT2D eigenvalue weighted by molar-refractivity contribution is 6.30. The quantitative estimate of drug-likeness (QED) is 0.824. The molecule has 0 radical (unpaired) electrons. The van der Waals surface area contributed by atoms with Gasteiger partial charge in [0.25, 0.3) is 5.91 Å². The molecule has 2 aromatic rings. The van der Waals surface area contributed by atoms with Crippen LogP contribution in [0.3, 0.4) is 0 Å². The molecule has 0 aromatic heterocycles. The van der Waals surface area contributed by atoms with Gasteiger partial charge < -0.3 is 9.64 Å². The Kier molecular flexibility index (Phi) is 5.33. The topological polar surface area (TPSA) is 29.5 Å². The zero-order chi connectivity index (χ0) is 16.1. The maximum absolute atomic E-state index is 12.3. The van der Waals surface area contributed by atoms with Crippen LogP contribution in [0.5, 0.6) is 5.75 Å². The first-order valence-corrected chi connectivity index (χ1v) is 6.88. The van der Waals surface area contributed by atoms with E-state index >= 15 is 0 Å². The molecule has 0 fully saturated rings. The molecule has 0 saturated carbocycles. The van der Waals surface area contributed by atoms with Crippen LogP contribution in [0.15, 0.2) is 48.5 Å². The Labute approximate surface area is 132 Å². The Hall–Kier alpha value is -2.14. The van der Waals surface area contributed by atoms with Crippen molar-refractivity contribution in [3.05, 3.63) is 64.7 Å². The highest BCUT2D eigenvalue weighted by Crippen LogP contribution is 2.18. The van der Waals surface area contributed by atoms with E-state index in [-0.39, 0.29) is 17.2 Å². The molecule has 1 amide bonds. The zero-order valence-electron chi connectivity index (χ0n) is 11.8. The number of nitrogens with zero attached hydrogens (tertiary/aromatic N) is 1. The van der Waals surface area contributed by atoms with Gasteiger partial charge in [-0.25, -0.2) is 0 Å². The van der Waals surface area contributed by atoms with Crippen LogP contribution in [-0.2, 0) is 6.54 Å². The van der Waals surface area contributed by atoms with Crippen LogP contribution >= 0.6 is 11.6 Å². The van der Waals surface area contributed by atoms with Gasteiger partial charge in [-0.05, 0) is 35.9 Å². The standard InChI is InChI=1S/C16H14ClF2NO2/c1-20(10-11-4-2-6-13(17)8-11)15(21)12-5-3-7-14(9-12)22-16(18)19/h2-9,16H,10H2,1H3. The van der Waals surface area contributed by atoms with Crippen LogP contribution in [0.25, 0.3) is 0 Å². The van der Waals surface area contributed by atoms with Gasteiger partial charge in [-0.1, -0.05) is 29.8 Å². The molecular weight excluding hydrogens is 312 g/mol. The Bertz CT molecular complexity index is 664. The summed E-state index contributed by atoms with van der Waals surface area (Å²) >= 11 is 5.90. The van der Waals surface area contributed by atoms with Gasteiger partial charge in [0.15, 0.2) is 0 Å². The molecule has 0 heterocycles. The Morgan fingerprint density at radius 1 is 1.23 bits per heavy atom. The molecule has 22 heavy (non-hydrogen) atoms. The first kappa shape index (κ1) is 16.2. The molecule has 116 valence electrons. The number of carbonyl (C=O) groups excluding carboxylic acids is 1. The predicted molar refractivity (Wildman–Crippen MR) is 80.3 cm³/mol. The van der Waals surface area contributed by atoms with Crippen molar-refractivity contribution in [2.24, 2.45) is 0 Å². The average molecular weight is 326 g/mol. The number of hydrogen-bond acceptors (Lipinski definition) is 2. The van der Waals surface area contributed by atoms with Crippen LogP contribution < -0.4 is 4.74 Å². The number of amides is 1. The molecule has 0 bridgehead atoms. The smallest absolute Gasteiger partial charge is 0.387 e. The van der Waals surface area contributed by atoms with Crippen LogP contribution in [0.2, 0.25) is 5.02 Å². The molecule has 2 aromatic carbocycles. The molecule has 0 atom stereocenters. The SMILES string of the molecule is CN(Cc1cccc(Cl)c1)C(=O)c1cccc(OC(F)F)c1. The van der Waals surface area contributed by atoms with Crippen molar-refractivity contribution in [1.29, 1.82) is 0 Å². The number of halogens is 3. The first-order chi connectivity index (χ1) is 10.5. The van der Waals surface area contributed by atoms with Crippen LogP contribution in [-0.4, -0.2) is 24.5 Å². The lowest BCUT2D eigenvalue weighted by Crippen LogP contribution is -2.26.